The van der Waals surface area contributed by atoms with Gasteiger partial charge in [0.25, 0.3) is 0 Å². The van der Waals surface area contributed by atoms with Gasteiger partial charge in [0.1, 0.15) is 11.5 Å². The number of rotatable bonds is 8. The van der Waals surface area contributed by atoms with Crippen molar-refractivity contribution in [2.45, 2.75) is 52.7 Å². The summed E-state index contributed by atoms with van der Waals surface area (Å²) in [5.74, 6) is 3.71. The summed E-state index contributed by atoms with van der Waals surface area (Å²) in [7, 11) is 2.20. The van der Waals surface area contributed by atoms with Gasteiger partial charge in [-0.25, -0.2) is 0 Å². The fourth-order valence-corrected chi connectivity index (χ4v) is 2.41. The van der Waals surface area contributed by atoms with Crippen molar-refractivity contribution in [3.8, 4) is 0 Å². The van der Waals surface area contributed by atoms with Gasteiger partial charge in [-0.05, 0) is 57.3 Å². The Labute approximate surface area is 117 Å². The Bertz CT molecular complexity index is 382. The van der Waals surface area contributed by atoms with Crippen molar-refractivity contribution in [3.05, 3.63) is 23.7 Å². The molecule has 1 aliphatic carbocycles. The van der Waals surface area contributed by atoms with E-state index in [1.54, 1.807) is 0 Å². The molecule has 0 spiro atoms. The summed E-state index contributed by atoms with van der Waals surface area (Å²) in [6, 6.07) is 4.88. The van der Waals surface area contributed by atoms with E-state index in [4.69, 9.17) is 4.42 Å². The molecule has 19 heavy (non-hydrogen) atoms. The molecule has 3 heteroatoms. The minimum Gasteiger partial charge on any atom is -0.463 e. The van der Waals surface area contributed by atoms with Gasteiger partial charge in [0, 0.05) is 6.04 Å². The minimum absolute atomic E-state index is 0.674. The van der Waals surface area contributed by atoms with Crippen LogP contribution in [-0.2, 0) is 13.1 Å². The van der Waals surface area contributed by atoms with Crippen LogP contribution < -0.4 is 5.32 Å². The maximum atomic E-state index is 5.88. The van der Waals surface area contributed by atoms with Crippen LogP contribution in [0.15, 0.2) is 16.5 Å². The smallest absolute Gasteiger partial charge is 0.118 e. The van der Waals surface area contributed by atoms with Gasteiger partial charge in [-0.15, -0.1) is 0 Å². The molecule has 2 rings (SSSR count). The molecular weight excluding hydrogens is 236 g/mol. The van der Waals surface area contributed by atoms with Crippen molar-refractivity contribution in [3.63, 3.8) is 0 Å². The van der Waals surface area contributed by atoms with Crippen LogP contribution >= 0.6 is 0 Å². The second kappa shape index (κ2) is 6.58. The van der Waals surface area contributed by atoms with Gasteiger partial charge < -0.3 is 9.73 Å². The van der Waals surface area contributed by atoms with E-state index in [0.717, 1.165) is 37.1 Å². The summed E-state index contributed by atoms with van der Waals surface area (Å²) in [6.45, 7) is 9.55. The molecule has 1 unspecified atom stereocenters. The zero-order valence-corrected chi connectivity index (χ0v) is 12.8. The lowest BCUT2D eigenvalue weighted by atomic mass is 10.2. The first kappa shape index (κ1) is 14.6. The lowest BCUT2D eigenvalue weighted by Gasteiger charge is -2.23. The van der Waals surface area contributed by atoms with Crippen molar-refractivity contribution in [2.24, 2.45) is 11.8 Å². The predicted molar refractivity (Wildman–Crippen MR) is 78.9 cm³/mol. The molecule has 1 N–H and O–H groups in total. The Hall–Kier alpha value is -0.800. The Morgan fingerprint density at radius 1 is 1.26 bits per heavy atom. The molecule has 0 aliphatic heterocycles. The molecular formula is C16H28N2O. The van der Waals surface area contributed by atoms with Gasteiger partial charge in [0.05, 0.1) is 13.1 Å². The van der Waals surface area contributed by atoms with Gasteiger partial charge in [0.2, 0.25) is 0 Å². The summed E-state index contributed by atoms with van der Waals surface area (Å²) < 4.78 is 5.88. The fraction of sp³-hybridized carbons (Fsp3) is 0.750. The van der Waals surface area contributed by atoms with Gasteiger partial charge >= 0.3 is 0 Å². The maximum Gasteiger partial charge on any atom is 0.118 e. The van der Waals surface area contributed by atoms with Crippen molar-refractivity contribution >= 4 is 0 Å². The number of nitrogens with zero attached hydrogens (tertiary/aromatic N) is 1. The third-order valence-corrected chi connectivity index (χ3v) is 3.97. The van der Waals surface area contributed by atoms with Crippen LogP contribution in [0.3, 0.4) is 0 Å². The first-order chi connectivity index (χ1) is 9.06. The highest BCUT2D eigenvalue weighted by atomic mass is 16.3. The highest BCUT2D eigenvalue weighted by molar-refractivity contribution is 5.07. The number of hydrogen-bond acceptors (Lipinski definition) is 3. The second-order valence-electron chi connectivity index (χ2n) is 6.39. The molecule has 108 valence electrons. The van der Waals surface area contributed by atoms with E-state index in [1.165, 1.54) is 12.8 Å². The third kappa shape index (κ3) is 4.66. The Morgan fingerprint density at radius 2 is 1.95 bits per heavy atom. The summed E-state index contributed by atoms with van der Waals surface area (Å²) in [5.41, 5.74) is 0. The molecule has 1 aliphatic rings. The highest BCUT2D eigenvalue weighted by Gasteiger charge is 2.30. The van der Waals surface area contributed by atoms with Crippen molar-refractivity contribution in [1.29, 1.82) is 0 Å². The third-order valence-electron chi connectivity index (χ3n) is 3.97. The summed E-state index contributed by atoms with van der Waals surface area (Å²) in [5, 5.41) is 3.41. The molecule has 0 amide bonds. The molecule has 0 radical (unpaired) electrons. The summed E-state index contributed by atoms with van der Waals surface area (Å²) in [6.07, 6.45) is 2.79. The van der Waals surface area contributed by atoms with Crippen molar-refractivity contribution < 1.29 is 4.42 Å². The van der Waals surface area contributed by atoms with Crippen LogP contribution in [0.4, 0.5) is 0 Å². The Balaban J connectivity index is 1.76. The van der Waals surface area contributed by atoms with E-state index < -0.39 is 0 Å². The molecule has 0 saturated heterocycles. The Kier molecular flexibility index (Phi) is 5.06. The van der Waals surface area contributed by atoms with Gasteiger partial charge in [-0.2, -0.15) is 0 Å². The largest absolute Gasteiger partial charge is 0.463 e. The number of furan rings is 1. The number of hydrogen-bond donors (Lipinski definition) is 1. The van der Waals surface area contributed by atoms with Gasteiger partial charge in [0.15, 0.2) is 0 Å². The predicted octanol–water partition coefficient (Wildman–Crippen LogP) is 3.26. The molecule has 0 aromatic carbocycles. The van der Waals surface area contributed by atoms with E-state index in [9.17, 15) is 0 Å². The highest BCUT2D eigenvalue weighted by Crippen LogP contribution is 2.35. The summed E-state index contributed by atoms with van der Waals surface area (Å²) in [4.78, 5) is 2.40. The van der Waals surface area contributed by atoms with Crippen molar-refractivity contribution in [1.82, 2.24) is 10.2 Å². The van der Waals surface area contributed by atoms with Crippen LogP contribution in [-0.4, -0.2) is 24.5 Å². The van der Waals surface area contributed by atoms with Crippen molar-refractivity contribution in [2.75, 3.05) is 13.6 Å². The first-order valence-corrected chi connectivity index (χ1v) is 7.54. The second-order valence-corrected chi connectivity index (χ2v) is 6.39. The molecule has 0 bridgehead atoms. The molecule has 1 aromatic heterocycles. The van der Waals surface area contributed by atoms with E-state index in [0.29, 0.717) is 12.0 Å². The van der Waals surface area contributed by atoms with Crippen LogP contribution in [0.1, 0.15) is 45.1 Å². The van der Waals surface area contributed by atoms with Crippen LogP contribution in [0, 0.1) is 11.8 Å². The Morgan fingerprint density at radius 3 is 2.58 bits per heavy atom. The lowest BCUT2D eigenvalue weighted by molar-refractivity contribution is 0.208. The van der Waals surface area contributed by atoms with E-state index in [2.05, 4.69) is 50.2 Å². The average Bonchev–Trinajstić information content (AvgIpc) is 3.11. The zero-order valence-electron chi connectivity index (χ0n) is 12.8. The van der Waals surface area contributed by atoms with Gasteiger partial charge in [-0.3, -0.25) is 4.90 Å². The van der Waals surface area contributed by atoms with Gasteiger partial charge in [-0.1, -0.05) is 13.8 Å². The maximum absolute atomic E-state index is 5.88. The number of nitrogens with one attached hydrogen (secondary N) is 1. The van der Waals surface area contributed by atoms with E-state index >= 15 is 0 Å². The normalized spacial score (nSPS) is 17.4. The molecule has 3 nitrogen and oxygen atoms in total. The molecule has 1 heterocycles. The molecule has 1 aromatic rings. The SMILES string of the molecule is CC(C)CNCc1ccc(CN(C)C(C)C2CC2)o1. The quantitative estimate of drug-likeness (QED) is 0.781. The summed E-state index contributed by atoms with van der Waals surface area (Å²) >= 11 is 0. The molecule has 1 atom stereocenters. The topological polar surface area (TPSA) is 28.4 Å². The average molecular weight is 264 g/mol. The van der Waals surface area contributed by atoms with E-state index in [-0.39, 0.29) is 0 Å². The van der Waals surface area contributed by atoms with Crippen LogP contribution in [0.2, 0.25) is 0 Å². The van der Waals surface area contributed by atoms with E-state index in [1.807, 2.05) is 0 Å². The molecule has 1 saturated carbocycles. The monoisotopic (exact) mass is 264 g/mol. The lowest BCUT2D eigenvalue weighted by Crippen LogP contribution is -2.30. The van der Waals surface area contributed by atoms with Crippen LogP contribution in [0.25, 0.3) is 0 Å². The minimum atomic E-state index is 0.674. The van der Waals surface area contributed by atoms with Crippen LogP contribution in [0.5, 0.6) is 0 Å². The first-order valence-electron chi connectivity index (χ1n) is 7.54. The molecule has 1 fully saturated rings. The standard InChI is InChI=1S/C16H28N2O/c1-12(2)9-17-10-15-7-8-16(19-15)11-18(4)13(3)14-5-6-14/h7-8,12-14,17H,5-6,9-11H2,1-4H3. The zero-order chi connectivity index (χ0) is 13.8. The fourth-order valence-electron chi connectivity index (χ4n) is 2.41.